The summed E-state index contributed by atoms with van der Waals surface area (Å²) in [5, 5.41) is 5.93. The first-order valence-corrected chi connectivity index (χ1v) is 4.78. The lowest BCUT2D eigenvalue weighted by atomic mass is 10.2. The van der Waals surface area contributed by atoms with Crippen molar-refractivity contribution in [2.45, 2.75) is 32.9 Å². The maximum atomic E-state index is 11.2. The predicted octanol–water partition coefficient (Wildman–Crippen LogP) is 1.51. The highest BCUT2D eigenvalue weighted by atomic mass is 16.6. The van der Waals surface area contributed by atoms with E-state index in [0.29, 0.717) is 12.0 Å². The van der Waals surface area contributed by atoms with Crippen LogP contribution >= 0.6 is 0 Å². The van der Waals surface area contributed by atoms with Gasteiger partial charge in [-0.15, -0.1) is 0 Å². The van der Waals surface area contributed by atoms with E-state index in [2.05, 4.69) is 10.5 Å². The quantitative estimate of drug-likeness (QED) is 0.790. The van der Waals surface area contributed by atoms with Crippen molar-refractivity contribution in [2.75, 3.05) is 0 Å². The van der Waals surface area contributed by atoms with Crippen LogP contribution < -0.4 is 5.32 Å². The number of rotatable bonds is 3. The molecule has 0 aromatic carbocycles. The number of aldehydes is 1. The van der Waals surface area contributed by atoms with E-state index in [1.807, 2.05) is 0 Å². The molecule has 1 N–H and O–H groups in total. The SMILES string of the molecule is CC(C)(C)OC(=O)NCc1cc(C=O)no1. The molecular formula is C10H14N2O4. The third kappa shape index (κ3) is 4.12. The van der Waals surface area contributed by atoms with Gasteiger partial charge in [-0.25, -0.2) is 4.79 Å². The molecule has 0 saturated heterocycles. The lowest BCUT2D eigenvalue weighted by Gasteiger charge is -2.19. The highest BCUT2D eigenvalue weighted by molar-refractivity contribution is 5.71. The molecule has 0 bridgehead atoms. The summed E-state index contributed by atoms with van der Waals surface area (Å²) in [5.41, 5.74) is -0.347. The molecule has 6 nitrogen and oxygen atoms in total. The molecule has 0 aliphatic carbocycles. The third-order valence-corrected chi connectivity index (χ3v) is 1.50. The van der Waals surface area contributed by atoms with Crippen LogP contribution in [0.2, 0.25) is 0 Å². The maximum Gasteiger partial charge on any atom is 0.408 e. The van der Waals surface area contributed by atoms with Crippen LogP contribution in [0, 0.1) is 0 Å². The van der Waals surface area contributed by atoms with Crippen molar-refractivity contribution >= 4 is 12.4 Å². The number of carbonyl (C=O) groups is 2. The van der Waals surface area contributed by atoms with Gasteiger partial charge in [-0.2, -0.15) is 0 Å². The van der Waals surface area contributed by atoms with E-state index in [1.54, 1.807) is 20.8 Å². The molecule has 1 aromatic rings. The molecule has 0 spiro atoms. The van der Waals surface area contributed by atoms with E-state index in [9.17, 15) is 9.59 Å². The van der Waals surface area contributed by atoms with E-state index in [0.717, 1.165) is 0 Å². The van der Waals surface area contributed by atoms with Crippen LogP contribution in [0.25, 0.3) is 0 Å². The first-order chi connectivity index (χ1) is 7.40. The molecule has 1 aromatic heterocycles. The lowest BCUT2D eigenvalue weighted by Crippen LogP contribution is -2.32. The summed E-state index contributed by atoms with van der Waals surface area (Å²) in [6.07, 6.45) is 0.0251. The smallest absolute Gasteiger partial charge is 0.408 e. The van der Waals surface area contributed by atoms with Gasteiger partial charge >= 0.3 is 6.09 Å². The summed E-state index contributed by atoms with van der Waals surface area (Å²) >= 11 is 0. The van der Waals surface area contributed by atoms with Gasteiger partial charge in [-0.1, -0.05) is 5.16 Å². The number of hydrogen-bond donors (Lipinski definition) is 1. The fourth-order valence-corrected chi connectivity index (χ4v) is 0.941. The van der Waals surface area contributed by atoms with E-state index in [4.69, 9.17) is 9.26 Å². The van der Waals surface area contributed by atoms with Gasteiger partial charge in [0.2, 0.25) is 0 Å². The first kappa shape index (κ1) is 12.2. The molecular weight excluding hydrogens is 212 g/mol. The number of hydrogen-bond acceptors (Lipinski definition) is 5. The van der Waals surface area contributed by atoms with E-state index < -0.39 is 11.7 Å². The molecule has 0 atom stereocenters. The van der Waals surface area contributed by atoms with E-state index >= 15 is 0 Å². The summed E-state index contributed by atoms with van der Waals surface area (Å²) in [4.78, 5) is 21.6. The largest absolute Gasteiger partial charge is 0.444 e. The Hall–Kier alpha value is -1.85. The zero-order valence-electron chi connectivity index (χ0n) is 9.44. The standard InChI is InChI=1S/C10H14N2O4/c1-10(2,3)15-9(14)11-5-8-4-7(6-13)12-16-8/h4,6H,5H2,1-3H3,(H,11,14). The average molecular weight is 226 g/mol. The molecule has 1 amide bonds. The van der Waals surface area contributed by atoms with Crippen molar-refractivity contribution in [1.29, 1.82) is 0 Å². The van der Waals surface area contributed by atoms with Crippen molar-refractivity contribution in [3.63, 3.8) is 0 Å². The van der Waals surface area contributed by atoms with Gasteiger partial charge in [0.15, 0.2) is 12.0 Å². The molecule has 16 heavy (non-hydrogen) atoms. The van der Waals surface area contributed by atoms with Crippen LogP contribution in [-0.4, -0.2) is 23.1 Å². The molecule has 0 unspecified atom stereocenters. The Kier molecular flexibility index (Phi) is 3.65. The average Bonchev–Trinajstić information content (AvgIpc) is 2.59. The summed E-state index contributed by atoms with van der Waals surface area (Å²) in [5.74, 6) is 0.396. The second-order valence-electron chi connectivity index (χ2n) is 4.19. The zero-order valence-corrected chi connectivity index (χ0v) is 9.44. The van der Waals surface area contributed by atoms with Gasteiger partial charge in [0, 0.05) is 6.07 Å². The second kappa shape index (κ2) is 4.78. The lowest BCUT2D eigenvalue weighted by molar-refractivity contribution is 0.0518. The summed E-state index contributed by atoms with van der Waals surface area (Å²) in [7, 11) is 0. The third-order valence-electron chi connectivity index (χ3n) is 1.50. The van der Waals surface area contributed by atoms with Gasteiger partial charge in [0.25, 0.3) is 0 Å². The zero-order chi connectivity index (χ0) is 12.2. The highest BCUT2D eigenvalue weighted by Crippen LogP contribution is 2.07. The monoisotopic (exact) mass is 226 g/mol. The minimum atomic E-state index is -0.545. The number of alkyl carbamates (subject to hydrolysis) is 1. The Labute approximate surface area is 92.9 Å². The molecule has 1 heterocycles. The van der Waals surface area contributed by atoms with E-state index in [1.165, 1.54) is 6.07 Å². The van der Waals surface area contributed by atoms with Crippen molar-refractivity contribution in [3.05, 3.63) is 17.5 Å². The number of carbonyl (C=O) groups excluding carboxylic acids is 2. The number of amides is 1. The Morgan fingerprint density at radius 1 is 1.62 bits per heavy atom. The van der Waals surface area contributed by atoms with Crippen molar-refractivity contribution in [3.8, 4) is 0 Å². The van der Waals surface area contributed by atoms with Gasteiger partial charge in [0.1, 0.15) is 11.3 Å². The molecule has 0 aliphatic heterocycles. The minimum Gasteiger partial charge on any atom is -0.444 e. The molecule has 0 saturated carbocycles. The predicted molar refractivity (Wildman–Crippen MR) is 55.0 cm³/mol. The fourth-order valence-electron chi connectivity index (χ4n) is 0.941. The molecule has 88 valence electrons. The number of nitrogens with one attached hydrogen (secondary N) is 1. The van der Waals surface area contributed by atoms with Crippen LogP contribution in [0.15, 0.2) is 10.6 Å². The fraction of sp³-hybridized carbons (Fsp3) is 0.500. The number of nitrogens with zero attached hydrogens (tertiary/aromatic N) is 1. The van der Waals surface area contributed by atoms with Crippen LogP contribution in [0.5, 0.6) is 0 Å². The van der Waals surface area contributed by atoms with Gasteiger partial charge in [-0.05, 0) is 20.8 Å². The summed E-state index contributed by atoms with van der Waals surface area (Å²) in [6, 6.07) is 1.45. The molecule has 1 rings (SSSR count). The molecule has 0 aliphatic rings. The van der Waals surface area contributed by atoms with Crippen molar-refractivity contribution in [1.82, 2.24) is 10.5 Å². The number of ether oxygens (including phenoxy) is 1. The topological polar surface area (TPSA) is 81.4 Å². The Balaban J connectivity index is 2.40. The van der Waals surface area contributed by atoms with Gasteiger partial charge in [-0.3, -0.25) is 4.79 Å². The second-order valence-corrected chi connectivity index (χ2v) is 4.19. The molecule has 0 radical (unpaired) electrons. The number of aromatic nitrogens is 1. The van der Waals surface area contributed by atoms with Crippen LogP contribution in [-0.2, 0) is 11.3 Å². The Bertz CT molecular complexity index is 378. The maximum absolute atomic E-state index is 11.2. The van der Waals surface area contributed by atoms with Crippen molar-refractivity contribution in [2.24, 2.45) is 0 Å². The first-order valence-electron chi connectivity index (χ1n) is 4.78. The Morgan fingerprint density at radius 3 is 2.81 bits per heavy atom. The summed E-state index contributed by atoms with van der Waals surface area (Å²) < 4.78 is 9.80. The van der Waals surface area contributed by atoms with Crippen LogP contribution in [0.1, 0.15) is 37.0 Å². The van der Waals surface area contributed by atoms with Crippen LogP contribution in [0.3, 0.4) is 0 Å². The highest BCUT2D eigenvalue weighted by Gasteiger charge is 2.16. The Morgan fingerprint density at radius 2 is 2.31 bits per heavy atom. The summed E-state index contributed by atoms with van der Waals surface area (Å²) in [6.45, 7) is 5.44. The van der Waals surface area contributed by atoms with Crippen LogP contribution in [0.4, 0.5) is 4.79 Å². The normalized spacial score (nSPS) is 10.9. The molecule has 0 fully saturated rings. The van der Waals surface area contributed by atoms with Gasteiger partial charge in [0.05, 0.1) is 6.54 Å². The van der Waals surface area contributed by atoms with Gasteiger partial charge < -0.3 is 14.6 Å². The van der Waals surface area contributed by atoms with E-state index in [-0.39, 0.29) is 12.2 Å². The molecule has 6 heteroatoms. The van der Waals surface area contributed by atoms with Crippen molar-refractivity contribution < 1.29 is 18.8 Å². The minimum absolute atomic E-state index is 0.135.